The summed E-state index contributed by atoms with van der Waals surface area (Å²) in [6.07, 6.45) is 1.72. The number of para-hydroxylation sites is 1. The number of aliphatic imine (C=N–C) groups is 1. The van der Waals surface area contributed by atoms with Crippen LogP contribution in [-0.4, -0.2) is 24.8 Å². The van der Waals surface area contributed by atoms with Crippen molar-refractivity contribution in [3.8, 4) is 11.5 Å². The van der Waals surface area contributed by atoms with Crippen LogP contribution in [0.25, 0.3) is 6.08 Å². The maximum atomic E-state index is 13.7. The van der Waals surface area contributed by atoms with E-state index in [0.717, 1.165) is 17.3 Å². The van der Waals surface area contributed by atoms with Gasteiger partial charge in [-0.1, -0.05) is 18.2 Å². The van der Waals surface area contributed by atoms with E-state index in [2.05, 4.69) is 10.3 Å². The minimum atomic E-state index is -0.441. The molecule has 2 aromatic carbocycles. The minimum absolute atomic E-state index is 0.180. The van der Waals surface area contributed by atoms with E-state index >= 15 is 0 Å². The fourth-order valence-electron chi connectivity index (χ4n) is 2.33. The summed E-state index contributed by atoms with van der Waals surface area (Å²) in [6.45, 7) is 2.43. The van der Waals surface area contributed by atoms with Gasteiger partial charge in [-0.05, 0) is 54.6 Å². The van der Waals surface area contributed by atoms with E-state index in [4.69, 9.17) is 9.47 Å². The molecule has 0 bridgehead atoms. The van der Waals surface area contributed by atoms with E-state index in [0.29, 0.717) is 28.2 Å². The molecule has 1 aliphatic heterocycles. The van der Waals surface area contributed by atoms with Crippen LogP contribution in [0.2, 0.25) is 0 Å². The van der Waals surface area contributed by atoms with Crippen molar-refractivity contribution in [2.75, 3.05) is 13.7 Å². The SMILES string of the molecule is CCOc1ccc(/C=C2/SC(=Nc3ccccc3F)NC2=O)cc1OC. The number of ether oxygens (including phenoxy) is 2. The second kappa shape index (κ2) is 8.05. The normalized spacial score (nSPS) is 16.8. The van der Waals surface area contributed by atoms with Crippen LogP contribution < -0.4 is 14.8 Å². The summed E-state index contributed by atoms with van der Waals surface area (Å²) in [5, 5.41) is 2.98. The number of amides is 1. The van der Waals surface area contributed by atoms with E-state index < -0.39 is 5.82 Å². The zero-order chi connectivity index (χ0) is 18.5. The van der Waals surface area contributed by atoms with Gasteiger partial charge in [0.15, 0.2) is 16.7 Å². The Morgan fingerprint density at radius 2 is 2.04 bits per heavy atom. The van der Waals surface area contributed by atoms with Gasteiger partial charge in [-0.15, -0.1) is 0 Å². The Labute approximate surface area is 154 Å². The summed E-state index contributed by atoms with van der Waals surface area (Å²) in [5.74, 6) is 0.508. The second-order valence-electron chi connectivity index (χ2n) is 5.28. The average molecular weight is 372 g/mol. The second-order valence-corrected chi connectivity index (χ2v) is 6.31. The lowest BCUT2D eigenvalue weighted by molar-refractivity contribution is -0.115. The summed E-state index contributed by atoms with van der Waals surface area (Å²) < 4.78 is 24.5. The van der Waals surface area contributed by atoms with Crippen LogP contribution in [0.4, 0.5) is 10.1 Å². The Morgan fingerprint density at radius 1 is 1.23 bits per heavy atom. The molecular formula is C19H17FN2O3S. The maximum Gasteiger partial charge on any atom is 0.264 e. The fourth-order valence-corrected chi connectivity index (χ4v) is 3.17. The lowest BCUT2D eigenvalue weighted by Gasteiger charge is -2.09. The highest BCUT2D eigenvalue weighted by molar-refractivity contribution is 8.18. The van der Waals surface area contributed by atoms with Gasteiger partial charge in [0.1, 0.15) is 11.5 Å². The third kappa shape index (κ3) is 4.05. The van der Waals surface area contributed by atoms with Crippen LogP contribution in [0, 0.1) is 5.82 Å². The van der Waals surface area contributed by atoms with Gasteiger partial charge in [0.25, 0.3) is 5.91 Å². The molecule has 134 valence electrons. The molecule has 5 nitrogen and oxygen atoms in total. The molecular weight excluding hydrogens is 355 g/mol. The van der Waals surface area contributed by atoms with Gasteiger partial charge >= 0.3 is 0 Å². The molecule has 7 heteroatoms. The number of carbonyl (C=O) groups is 1. The van der Waals surface area contributed by atoms with Crippen LogP contribution in [-0.2, 0) is 4.79 Å². The monoisotopic (exact) mass is 372 g/mol. The molecule has 0 saturated carbocycles. The highest BCUT2D eigenvalue weighted by atomic mass is 32.2. The number of amidine groups is 1. The number of benzene rings is 2. The van der Waals surface area contributed by atoms with Crippen molar-refractivity contribution in [1.29, 1.82) is 0 Å². The molecule has 1 saturated heterocycles. The molecule has 1 N–H and O–H groups in total. The van der Waals surface area contributed by atoms with Crippen LogP contribution in [0.3, 0.4) is 0 Å². The molecule has 1 amide bonds. The number of carbonyl (C=O) groups excluding carboxylic acids is 1. The summed E-state index contributed by atoms with van der Waals surface area (Å²) in [5.41, 5.74) is 0.967. The Morgan fingerprint density at radius 3 is 2.77 bits per heavy atom. The summed E-state index contributed by atoms with van der Waals surface area (Å²) in [6, 6.07) is 11.6. The van der Waals surface area contributed by atoms with Gasteiger partial charge in [-0.3, -0.25) is 4.79 Å². The number of rotatable bonds is 5. The van der Waals surface area contributed by atoms with Gasteiger partial charge in [-0.25, -0.2) is 9.38 Å². The van der Waals surface area contributed by atoms with E-state index in [-0.39, 0.29) is 11.6 Å². The predicted octanol–water partition coefficient (Wildman–Crippen LogP) is 4.12. The first-order chi connectivity index (χ1) is 12.6. The van der Waals surface area contributed by atoms with Gasteiger partial charge in [-0.2, -0.15) is 0 Å². The van der Waals surface area contributed by atoms with Crippen LogP contribution in [0.1, 0.15) is 12.5 Å². The largest absolute Gasteiger partial charge is 0.493 e. The summed E-state index contributed by atoms with van der Waals surface area (Å²) >= 11 is 1.16. The first kappa shape index (κ1) is 18.0. The number of nitrogens with zero attached hydrogens (tertiary/aromatic N) is 1. The quantitative estimate of drug-likeness (QED) is 0.802. The summed E-state index contributed by atoms with van der Waals surface area (Å²) in [7, 11) is 1.56. The van der Waals surface area contributed by atoms with Crippen molar-refractivity contribution < 1.29 is 18.7 Å². The molecule has 0 spiro atoms. The maximum absolute atomic E-state index is 13.7. The Bertz CT molecular complexity index is 896. The molecule has 0 aromatic heterocycles. The zero-order valence-corrected chi connectivity index (χ0v) is 15.1. The van der Waals surface area contributed by atoms with Gasteiger partial charge in [0, 0.05) is 0 Å². The fraction of sp³-hybridized carbons (Fsp3) is 0.158. The van der Waals surface area contributed by atoms with Crippen molar-refractivity contribution in [3.05, 3.63) is 58.8 Å². The van der Waals surface area contributed by atoms with Crippen LogP contribution >= 0.6 is 11.8 Å². The first-order valence-electron chi connectivity index (χ1n) is 7.95. The van der Waals surface area contributed by atoms with Crippen molar-refractivity contribution in [2.45, 2.75) is 6.92 Å². The van der Waals surface area contributed by atoms with Crippen molar-refractivity contribution in [3.63, 3.8) is 0 Å². The van der Waals surface area contributed by atoms with E-state index in [1.54, 1.807) is 43.5 Å². The lowest BCUT2D eigenvalue weighted by atomic mass is 10.2. The predicted molar refractivity (Wildman–Crippen MR) is 101 cm³/mol. The van der Waals surface area contributed by atoms with E-state index in [1.165, 1.54) is 6.07 Å². The molecule has 26 heavy (non-hydrogen) atoms. The molecule has 1 heterocycles. The van der Waals surface area contributed by atoms with Crippen LogP contribution in [0.5, 0.6) is 11.5 Å². The highest BCUT2D eigenvalue weighted by Crippen LogP contribution is 2.32. The zero-order valence-electron chi connectivity index (χ0n) is 14.3. The van der Waals surface area contributed by atoms with Crippen LogP contribution in [0.15, 0.2) is 52.4 Å². The standard InChI is InChI=1S/C19H17FN2O3S/c1-3-25-15-9-8-12(10-16(15)24-2)11-17-18(23)22-19(26-17)21-14-7-5-4-6-13(14)20/h4-11H,3H2,1-2H3,(H,21,22,23)/b17-11+. The number of hydrogen-bond acceptors (Lipinski definition) is 5. The number of methoxy groups -OCH3 is 1. The molecule has 0 radical (unpaired) electrons. The number of halogens is 1. The third-order valence-corrected chi connectivity index (χ3v) is 4.42. The third-order valence-electron chi connectivity index (χ3n) is 3.51. The Hall–Kier alpha value is -2.80. The van der Waals surface area contributed by atoms with Crippen molar-refractivity contribution in [1.82, 2.24) is 5.32 Å². The lowest BCUT2D eigenvalue weighted by Crippen LogP contribution is -2.19. The number of hydrogen-bond donors (Lipinski definition) is 1. The molecule has 0 aliphatic carbocycles. The molecule has 1 fully saturated rings. The average Bonchev–Trinajstić information content (AvgIpc) is 2.97. The topological polar surface area (TPSA) is 59.9 Å². The number of thioether (sulfide) groups is 1. The van der Waals surface area contributed by atoms with Crippen molar-refractivity contribution in [2.24, 2.45) is 4.99 Å². The minimum Gasteiger partial charge on any atom is -0.493 e. The van der Waals surface area contributed by atoms with Gasteiger partial charge in [0.2, 0.25) is 0 Å². The molecule has 0 unspecified atom stereocenters. The molecule has 1 aliphatic rings. The van der Waals surface area contributed by atoms with Crippen molar-refractivity contribution >= 4 is 34.6 Å². The Balaban J connectivity index is 1.84. The molecule has 0 atom stereocenters. The van der Waals surface area contributed by atoms with E-state index in [9.17, 15) is 9.18 Å². The smallest absolute Gasteiger partial charge is 0.264 e. The summed E-state index contributed by atoms with van der Waals surface area (Å²) in [4.78, 5) is 16.8. The van der Waals surface area contributed by atoms with Gasteiger partial charge < -0.3 is 14.8 Å². The molecule has 2 aromatic rings. The first-order valence-corrected chi connectivity index (χ1v) is 8.77. The molecule has 3 rings (SSSR count). The van der Waals surface area contributed by atoms with E-state index in [1.807, 2.05) is 13.0 Å². The highest BCUT2D eigenvalue weighted by Gasteiger charge is 2.24. The number of nitrogens with one attached hydrogen (secondary N) is 1. The Kier molecular flexibility index (Phi) is 5.58. The van der Waals surface area contributed by atoms with Gasteiger partial charge in [0.05, 0.1) is 18.6 Å².